The number of aliphatic imine (C=N–C) groups is 1. The van der Waals surface area contributed by atoms with Gasteiger partial charge in [-0.05, 0) is 31.9 Å². The number of nitrogens with zero attached hydrogens (tertiary/aromatic N) is 1. The van der Waals surface area contributed by atoms with Crippen molar-refractivity contribution in [2.45, 2.75) is 20.8 Å². The Bertz CT molecular complexity index is 588. The molecule has 1 heteroatoms. The Kier molecular flexibility index (Phi) is 4.30. The van der Waals surface area contributed by atoms with Crippen molar-refractivity contribution in [2.24, 2.45) is 4.99 Å². The van der Waals surface area contributed by atoms with Crippen LogP contribution in [0.15, 0.2) is 65.7 Å². The molecule has 0 saturated heterocycles. The number of allylic oxidation sites excluding steroid dienone is 1. The number of benzene rings is 2. The van der Waals surface area contributed by atoms with Crippen LogP contribution in [0.1, 0.15) is 31.9 Å². The molecule has 1 nitrogen and oxygen atoms in total. The van der Waals surface area contributed by atoms with Crippen molar-refractivity contribution < 1.29 is 0 Å². The summed E-state index contributed by atoms with van der Waals surface area (Å²) >= 11 is 0. The fourth-order valence-electron chi connectivity index (χ4n) is 2.01. The van der Waals surface area contributed by atoms with Gasteiger partial charge >= 0.3 is 0 Å². The van der Waals surface area contributed by atoms with Crippen LogP contribution in [0.2, 0.25) is 0 Å². The third kappa shape index (κ3) is 3.41. The van der Waals surface area contributed by atoms with Crippen LogP contribution < -0.4 is 0 Å². The molecule has 0 bridgehead atoms. The predicted molar refractivity (Wildman–Crippen MR) is 84.2 cm³/mol. The molecule has 0 fully saturated rings. The summed E-state index contributed by atoms with van der Waals surface area (Å²) in [7, 11) is 0. The quantitative estimate of drug-likeness (QED) is 0.533. The average molecular weight is 249 g/mol. The smallest absolute Gasteiger partial charge is 0.0736 e. The molecule has 0 saturated carbocycles. The van der Waals surface area contributed by atoms with Crippen LogP contribution >= 0.6 is 0 Å². The summed E-state index contributed by atoms with van der Waals surface area (Å²) in [6, 6.07) is 20.7. The van der Waals surface area contributed by atoms with E-state index in [-0.39, 0.29) is 0 Å². The highest BCUT2D eigenvalue weighted by Crippen LogP contribution is 2.27. The Morgan fingerprint density at radius 2 is 1.16 bits per heavy atom. The molecule has 0 atom stereocenters. The highest BCUT2D eigenvalue weighted by atomic mass is 14.8. The molecule has 0 radical (unpaired) electrons. The van der Waals surface area contributed by atoms with Crippen LogP contribution in [0.4, 0.5) is 0 Å². The van der Waals surface area contributed by atoms with E-state index in [1.807, 2.05) is 38.1 Å². The largest absolute Gasteiger partial charge is 0.258 e. The van der Waals surface area contributed by atoms with E-state index in [1.165, 1.54) is 11.1 Å². The molecule has 0 amide bonds. The van der Waals surface area contributed by atoms with Crippen LogP contribution in [0.25, 0.3) is 11.3 Å². The second-order valence-electron chi connectivity index (χ2n) is 4.76. The molecule has 96 valence electrons. The molecular formula is C18H19N. The summed E-state index contributed by atoms with van der Waals surface area (Å²) in [6.07, 6.45) is 0. The molecule has 0 aliphatic heterocycles. The highest BCUT2D eigenvalue weighted by Gasteiger charge is 2.06. The van der Waals surface area contributed by atoms with Crippen molar-refractivity contribution in [1.29, 1.82) is 0 Å². The van der Waals surface area contributed by atoms with Crippen molar-refractivity contribution in [1.82, 2.24) is 0 Å². The van der Waals surface area contributed by atoms with Crippen molar-refractivity contribution in [3.8, 4) is 0 Å². The van der Waals surface area contributed by atoms with Crippen LogP contribution in [0.5, 0.6) is 0 Å². The molecule has 2 aromatic rings. The molecule has 0 heterocycles. The normalized spacial score (nSPS) is 11.7. The number of hydrogen-bond acceptors (Lipinski definition) is 1. The summed E-state index contributed by atoms with van der Waals surface area (Å²) in [5, 5.41) is 0. The fourth-order valence-corrected chi connectivity index (χ4v) is 2.01. The van der Waals surface area contributed by atoms with Crippen molar-refractivity contribution in [3.05, 3.63) is 71.8 Å². The third-order valence-corrected chi connectivity index (χ3v) is 2.94. The number of hydrogen-bond donors (Lipinski definition) is 0. The molecular weight excluding hydrogens is 230 g/mol. The molecule has 0 unspecified atom stereocenters. The summed E-state index contributed by atoms with van der Waals surface area (Å²) in [6.45, 7) is 6.19. The van der Waals surface area contributed by atoms with E-state index in [0.29, 0.717) is 0 Å². The van der Waals surface area contributed by atoms with Gasteiger partial charge in [-0.2, -0.15) is 0 Å². The molecule has 0 N–H and O–H groups in total. The van der Waals surface area contributed by atoms with Crippen LogP contribution in [0, 0.1) is 0 Å². The van der Waals surface area contributed by atoms with E-state index >= 15 is 0 Å². The maximum absolute atomic E-state index is 4.72. The summed E-state index contributed by atoms with van der Waals surface area (Å²) in [4.78, 5) is 4.72. The Morgan fingerprint density at radius 1 is 0.684 bits per heavy atom. The average Bonchev–Trinajstić information content (AvgIpc) is 2.46. The lowest BCUT2D eigenvalue weighted by Gasteiger charge is -2.09. The topological polar surface area (TPSA) is 12.4 Å². The van der Waals surface area contributed by atoms with Crippen LogP contribution in [0.3, 0.4) is 0 Å². The zero-order chi connectivity index (χ0) is 13.7. The second-order valence-corrected chi connectivity index (χ2v) is 4.76. The van der Waals surface area contributed by atoms with Gasteiger partial charge in [-0.15, -0.1) is 0 Å². The van der Waals surface area contributed by atoms with Crippen LogP contribution in [-0.2, 0) is 0 Å². The summed E-state index contributed by atoms with van der Waals surface area (Å²) in [5.41, 5.74) is 5.69. The van der Waals surface area contributed by atoms with Gasteiger partial charge in [0.2, 0.25) is 0 Å². The Labute approximate surface area is 115 Å². The van der Waals surface area contributed by atoms with Gasteiger partial charge in [0.05, 0.1) is 5.70 Å². The van der Waals surface area contributed by atoms with Crippen molar-refractivity contribution >= 4 is 17.0 Å². The minimum absolute atomic E-state index is 1.05. The first kappa shape index (κ1) is 13.3. The van der Waals surface area contributed by atoms with Gasteiger partial charge in [-0.3, -0.25) is 4.99 Å². The fraction of sp³-hybridized carbons (Fsp3) is 0.167. The first-order valence-electron chi connectivity index (χ1n) is 6.52. The SMILES string of the molecule is CC(C)=N/C(=C(\C)c1ccccc1)c1ccccc1. The predicted octanol–water partition coefficient (Wildman–Crippen LogP) is 5.06. The maximum Gasteiger partial charge on any atom is 0.0736 e. The van der Waals surface area contributed by atoms with E-state index in [0.717, 1.165) is 17.0 Å². The lowest BCUT2D eigenvalue weighted by atomic mass is 10.0. The first-order chi connectivity index (χ1) is 9.18. The minimum Gasteiger partial charge on any atom is -0.258 e. The zero-order valence-electron chi connectivity index (χ0n) is 11.7. The summed E-state index contributed by atoms with van der Waals surface area (Å²) in [5.74, 6) is 0. The Hall–Kier alpha value is -2.15. The molecule has 19 heavy (non-hydrogen) atoms. The molecule has 0 spiro atoms. The third-order valence-electron chi connectivity index (χ3n) is 2.94. The standard InChI is InChI=1S/C18H19N/c1-14(2)19-18(17-12-8-5-9-13-17)15(3)16-10-6-4-7-11-16/h4-13H,1-3H3/b18-15+. The molecule has 2 rings (SSSR count). The van der Waals surface area contributed by atoms with Gasteiger partial charge in [0.25, 0.3) is 0 Å². The first-order valence-corrected chi connectivity index (χ1v) is 6.52. The summed E-state index contributed by atoms with van der Waals surface area (Å²) < 4.78 is 0. The van der Waals surface area contributed by atoms with Gasteiger partial charge < -0.3 is 0 Å². The molecule has 2 aromatic carbocycles. The van der Waals surface area contributed by atoms with E-state index < -0.39 is 0 Å². The van der Waals surface area contributed by atoms with Crippen molar-refractivity contribution in [2.75, 3.05) is 0 Å². The second kappa shape index (κ2) is 6.14. The van der Waals surface area contributed by atoms with E-state index in [4.69, 9.17) is 4.99 Å². The van der Waals surface area contributed by atoms with E-state index in [9.17, 15) is 0 Å². The maximum atomic E-state index is 4.72. The van der Waals surface area contributed by atoms with Crippen LogP contribution in [-0.4, -0.2) is 5.71 Å². The highest BCUT2D eigenvalue weighted by molar-refractivity contribution is 5.95. The Balaban J connectivity index is 2.58. The van der Waals surface area contributed by atoms with Gasteiger partial charge in [-0.1, -0.05) is 60.7 Å². The van der Waals surface area contributed by atoms with Crippen molar-refractivity contribution in [3.63, 3.8) is 0 Å². The van der Waals surface area contributed by atoms with Gasteiger partial charge in [0, 0.05) is 11.3 Å². The van der Waals surface area contributed by atoms with E-state index in [1.54, 1.807) is 0 Å². The Morgan fingerprint density at radius 3 is 1.63 bits per heavy atom. The molecule has 0 aliphatic carbocycles. The minimum atomic E-state index is 1.05. The molecule has 0 aromatic heterocycles. The monoisotopic (exact) mass is 249 g/mol. The molecule has 0 aliphatic rings. The zero-order valence-corrected chi connectivity index (χ0v) is 11.7. The van der Waals surface area contributed by atoms with Gasteiger partial charge in [0.1, 0.15) is 0 Å². The lowest BCUT2D eigenvalue weighted by molar-refractivity contribution is 1.44. The van der Waals surface area contributed by atoms with E-state index in [2.05, 4.69) is 43.3 Å². The lowest BCUT2D eigenvalue weighted by Crippen LogP contribution is -1.91. The number of rotatable bonds is 3. The van der Waals surface area contributed by atoms with Gasteiger partial charge in [0.15, 0.2) is 0 Å². The van der Waals surface area contributed by atoms with Gasteiger partial charge in [-0.25, -0.2) is 0 Å².